The lowest BCUT2D eigenvalue weighted by molar-refractivity contribution is 0.455. The van der Waals surface area contributed by atoms with Crippen LogP contribution in [0.4, 0.5) is 0 Å². The largest absolute Gasteiger partial charge is 0.507 e. The van der Waals surface area contributed by atoms with Crippen LogP contribution in [0.2, 0.25) is 0 Å². The first-order valence-electron chi connectivity index (χ1n) is 6.30. The van der Waals surface area contributed by atoms with Gasteiger partial charge in [0.15, 0.2) is 0 Å². The second-order valence-electron chi connectivity index (χ2n) is 7.07. The monoisotopic (exact) mass is 234 g/mol. The van der Waals surface area contributed by atoms with Crippen LogP contribution in [0.1, 0.15) is 63.8 Å². The van der Waals surface area contributed by atoms with Crippen LogP contribution >= 0.6 is 0 Å². The van der Waals surface area contributed by atoms with E-state index in [-0.39, 0.29) is 10.8 Å². The average Bonchev–Trinajstić information content (AvgIpc) is 2.10. The third-order valence-electron chi connectivity index (χ3n) is 3.42. The van der Waals surface area contributed by atoms with E-state index in [1.54, 1.807) is 0 Å². The summed E-state index contributed by atoms with van der Waals surface area (Å²) < 4.78 is 0. The Balaban J connectivity index is 3.63. The molecule has 1 heteroatoms. The number of rotatable bonds is 0. The number of benzene rings is 1. The van der Waals surface area contributed by atoms with Gasteiger partial charge in [-0.3, -0.25) is 0 Å². The molecule has 0 atom stereocenters. The molecule has 0 unspecified atom stereocenters. The van der Waals surface area contributed by atoms with Crippen LogP contribution in [-0.2, 0) is 10.8 Å². The summed E-state index contributed by atoms with van der Waals surface area (Å²) in [5, 5.41) is 10.3. The Morgan fingerprint density at radius 1 is 0.765 bits per heavy atom. The molecule has 17 heavy (non-hydrogen) atoms. The standard InChI is InChI=1S/C16H26O/c1-10-12(15(3,4)5)9-13(16(6,7)8)11(2)14(10)17/h9,17H,1-8H3. The summed E-state index contributed by atoms with van der Waals surface area (Å²) in [6.07, 6.45) is 0. The van der Waals surface area contributed by atoms with E-state index in [2.05, 4.69) is 47.6 Å². The number of phenols is 1. The highest BCUT2D eigenvalue weighted by atomic mass is 16.3. The van der Waals surface area contributed by atoms with Crippen molar-refractivity contribution < 1.29 is 5.11 Å². The number of aromatic hydroxyl groups is 1. The Morgan fingerprint density at radius 2 is 1.06 bits per heavy atom. The molecular formula is C16H26O. The summed E-state index contributed by atoms with van der Waals surface area (Å²) in [4.78, 5) is 0. The first-order valence-corrected chi connectivity index (χ1v) is 6.30. The lowest BCUT2D eigenvalue weighted by Gasteiger charge is -2.29. The number of hydrogen-bond donors (Lipinski definition) is 1. The predicted molar refractivity (Wildman–Crippen MR) is 75.0 cm³/mol. The molecule has 0 aliphatic rings. The Kier molecular flexibility index (Phi) is 3.35. The molecule has 1 aromatic carbocycles. The fraction of sp³-hybridized carbons (Fsp3) is 0.625. The van der Waals surface area contributed by atoms with E-state index in [4.69, 9.17) is 0 Å². The van der Waals surface area contributed by atoms with Crippen molar-refractivity contribution in [3.8, 4) is 5.75 Å². The molecule has 0 amide bonds. The molecule has 1 nitrogen and oxygen atoms in total. The van der Waals surface area contributed by atoms with Crippen LogP contribution in [0.5, 0.6) is 5.75 Å². The van der Waals surface area contributed by atoms with Crippen molar-refractivity contribution in [2.45, 2.75) is 66.2 Å². The van der Waals surface area contributed by atoms with Crippen LogP contribution in [0.15, 0.2) is 6.07 Å². The molecule has 1 N–H and O–H groups in total. The van der Waals surface area contributed by atoms with E-state index in [9.17, 15) is 5.11 Å². The van der Waals surface area contributed by atoms with Crippen LogP contribution in [0.3, 0.4) is 0 Å². The molecule has 1 aromatic rings. The molecule has 0 spiro atoms. The zero-order chi connectivity index (χ0) is 13.6. The normalized spacial score (nSPS) is 12.9. The maximum absolute atomic E-state index is 10.3. The van der Waals surface area contributed by atoms with Gasteiger partial charge in [0.05, 0.1) is 0 Å². The molecule has 0 aliphatic heterocycles. The Hall–Kier alpha value is -0.980. The van der Waals surface area contributed by atoms with E-state index < -0.39 is 0 Å². The second-order valence-corrected chi connectivity index (χ2v) is 7.07. The number of phenolic OH excluding ortho intramolecular Hbond substituents is 1. The van der Waals surface area contributed by atoms with Crippen LogP contribution in [-0.4, -0.2) is 5.11 Å². The van der Waals surface area contributed by atoms with Crippen molar-refractivity contribution in [3.05, 3.63) is 28.3 Å². The van der Waals surface area contributed by atoms with E-state index in [0.29, 0.717) is 5.75 Å². The third kappa shape index (κ3) is 2.65. The van der Waals surface area contributed by atoms with Gasteiger partial charge in [-0.05, 0) is 46.9 Å². The highest BCUT2D eigenvalue weighted by molar-refractivity contribution is 5.52. The van der Waals surface area contributed by atoms with Gasteiger partial charge in [0.25, 0.3) is 0 Å². The van der Waals surface area contributed by atoms with Crippen LogP contribution in [0.25, 0.3) is 0 Å². The maximum atomic E-state index is 10.3. The molecule has 0 saturated heterocycles. The second kappa shape index (κ2) is 4.04. The lowest BCUT2D eigenvalue weighted by atomic mass is 9.76. The van der Waals surface area contributed by atoms with E-state index >= 15 is 0 Å². The zero-order valence-corrected chi connectivity index (χ0v) is 12.5. The minimum absolute atomic E-state index is 0.0647. The molecule has 1 rings (SSSR count). The van der Waals surface area contributed by atoms with E-state index in [0.717, 1.165) is 11.1 Å². The van der Waals surface area contributed by atoms with Gasteiger partial charge >= 0.3 is 0 Å². The summed E-state index contributed by atoms with van der Waals surface area (Å²) in [7, 11) is 0. The van der Waals surface area contributed by atoms with Crippen LogP contribution in [0, 0.1) is 13.8 Å². The Bertz CT molecular complexity index is 390. The minimum atomic E-state index is 0.0647. The first-order chi connectivity index (χ1) is 7.46. The number of hydrogen-bond acceptors (Lipinski definition) is 1. The van der Waals surface area contributed by atoms with Crippen molar-refractivity contribution in [3.63, 3.8) is 0 Å². The summed E-state index contributed by atoms with van der Waals surface area (Å²) in [6, 6.07) is 2.27. The van der Waals surface area contributed by atoms with Gasteiger partial charge in [-0.2, -0.15) is 0 Å². The highest BCUT2D eigenvalue weighted by Gasteiger charge is 2.25. The molecule has 0 bridgehead atoms. The average molecular weight is 234 g/mol. The van der Waals surface area contributed by atoms with Gasteiger partial charge in [-0.1, -0.05) is 47.6 Å². The van der Waals surface area contributed by atoms with Gasteiger partial charge < -0.3 is 5.11 Å². The molecule has 0 aliphatic carbocycles. The Labute approximate surface area is 106 Å². The molecule has 0 aromatic heterocycles. The Morgan fingerprint density at radius 3 is 1.29 bits per heavy atom. The third-order valence-corrected chi connectivity index (χ3v) is 3.42. The van der Waals surface area contributed by atoms with Crippen molar-refractivity contribution in [2.75, 3.05) is 0 Å². The molecular weight excluding hydrogens is 208 g/mol. The van der Waals surface area contributed by atoms with Gasteiger partial charge in [0.1, 0.15) is 5.75 Å². The minimum Gasteiger partial charge on any atom is -0.507 e. The summed E-state index contributed by atoms with van der Waals surface area (Å²) in [6.45, 7) is 17.2. The topological polar surface area (TPSA) is 20.2 Å². The SMILES string of the molecule is Cc1c(C(C)(C)C)cc(C(C)(C)C)c(C)c1O. The summed E-state index contributed by atoms with van der Waals surface area (Å²) >= 11 is 0. The van der Waals surface area contributed by atoms with Crippen molar-refractivity contribution >= 4 is 0 Å². The van der Waals surface area contributed by atoms with E-state index in [1.165, 1.54) is 11.1 Å². The van der Waals surface area contributed by atoms with Gasteiger partial charge in [0, 0.05) is 0 Å². The van der Waals surface area contributed by atoms with E-state index in [1.807, 2.05) is 13.8 Å². The molecule has 0 saturated carbocycles. The lowest BCUT2D eigenvalue weighted by Crippen LogP contribution is -2.19. The summed E-state index contributed by atoms with van der Waals surface area (Å²) in [5.41, 5.74) is 4.65. The fourth-order valence-corrected chi connectivity index (χ4v) is 2.46. The predicted octanol–water partition coefficient (Wildman–Crippen LogP) is 4.60. The zero-order valence-electron chi connectivity index (χ0n) is 12.5. The van der Waals surface area contributed by atoms with Gasteiger partial charge in [-0.15, -0.1) is 0 Å². The van der Waals surface area contributed by atoms with Crippen molar-refractivity contribution in [1.29, 1.82) is 0 Å². The highest BCUT2D eigenvalue weighted by Crippen LogP contribution is 2.39. The van der Waals surface area contributed by atoms with Crippen molar-refractivity contribution in [1.82, 2.24) is 0 Å². The first kappa shape index (κ1) is 14.1. The smallest absolute Gasteiger partial charge is 0.121 e. The molecule has 0 fully saturated rings. The summed E-state index contributed by atoms with van der Waals surface area (Å²) in [5.74, 6) is 0.461. The van der Waals surface area contributed by atoms with Gasteiger partial charge in [0.2, 0.25) is 0 Å². The quantitative estimate of drug-likeness (QED) is 0.695. The molecule has 96 valence electrons. The van der Waals surface area contributed by atoms with Crippen LogP contribution < -0.4 is 0 Å². The van der Waals surface area contributed by atoms with Crippen molar-refractivity contribution in [2.24, 2.45) is 0 Å². The molecule has 0 heterocycles. The maximum Gasteiger partial charge on any atom is 0.121 e. The van der Waals surface area contributed by atoms with Gasteiger partial charge in [-0.25, -0.2) is 0 Å². The molecule has 0 radical (unpaired) electrons. The fourth-order valence-electron chi connectivity index (χ4n) is 2.46.